The number of hydrogen-bond acceptors (Lipinski definition) is 6. The molecule has 1 saturated heterocycles. The van der Waals surface area contributed by atoms with Crippen LogP contribution in [0.15, 0.2) is 29.0 Å². The standard InChI is InChI=1S/C17H22N5O2P/c1-11(2)24-15-7-5-14(6-8-15)9-16-12(3)19-13(4)20-17(16)21-25(23)22-10-18-22/h5-8,11,18H,9-10H2,1-4H3. The lowest BCUT2D eigenvalue weighted by Gasteiger charge is -2.11. The Bertz CT molecular complexity index is 788. The van der Waals surface area contributed by atoms with E-state index in [4.69, 9.17) is 4.74 Å². The topological polar surface area (TPSA) is 95.4 Å². The minimum Gasteiger partial charge on any atom is -0.593 e. The molecule has 0 bridgehead atoms. The van der Waals surface area contributed by atoms with Crippen molar-refractivity contribution >= 4 is 13.9 Å². The third-order valence-electron chi connectivity index (χ3n) is 3.67. The number of hydrazine groups is 1. The van der Waals surface area contributed by atoms with Gasteiger partial charge in [0.15, 0.2) is 0 Å². The van der Waals surface area contributed by atoms with Gasteiger partial charge in [0.2, 0.25) is 5.82 Å². The second-order valence-corrected chi connectivity index (χ2v) is 7.40. The highest BCUT2D eigenvalue weighted by Crippen LogP contribution is 2.33. The molecule has 25 heavy (non-hydrogen) atoms. The van der Waals surface area contributed by atoms with Crippen molar-refractivity contribution in [1.82, 2.24) is 20.2 Å². The van der Waals surface area contributed by atoms with Gasteiger partial charge in [-0.25, -0.2) is 9.97 Å². The lowest BCUT2D eigenvalue weighted by Crippen LogP contribution is -2.05. The van der Waals surface area contributed by atoms with Crippen LogP contribution in [0.5, 0.6) is 5.75 Å². The number of hydrogen-bond donors (Lipinski definition) is 1. The molecule has 1 aliphatic rings. The quantitative estimate of drug-likeness (QED) is 0.629. The van der Waals surface area contributed by atoms with Crippen LogP contribution in [-0.4, -0.2) is 27.5 Å². The predicted octanol–water partition coefficient (Wildman–Crippen LogP) is 2.74. The Balaban J connectivity index is 1.87. The minimum absolute atomic E-state index is 0.145. The molecule has 2 unspecified atom stereocenters. The average molecular weight is 359 g/mol. The van der Waals surface area contributed by atoms with Gasteiger partial charge in [0.05, 0.1) is 6.10 Å². The van der Waals surface area contributed by atoms with Crippen molar-refractivity contribution in [2.24, 2.45) is 4.74 Å². The van der Waals surface area contributed by atoms with E-state index in [1.54, 1.807) is 4.78 Å². The third kappa shape index (κ3) is 4.80. The highest BCUT2D eigenvalue weighted by Gasteiger charge is 2.28. The maximum Gasteiger partial charge on any atom is 0.288 e. The fraction of sp³-hybridized carbons (Fsp3) is 0.412. The molecule has 2 atom stereocenters. The number of nitrogens with zero attached hydrogens (tertiary/aromatic N) is 4. The molecule has 8 heteroatoms. The van der Waals surface area contributed by atoms with E-state index in [-0.39, 0.29) is 6.10 Å². The Morgan fingerprint density at radius 2 is 1.96 bits per heavy atom. The van der Waals surface area contributed by atoms with Gasteiger partial charge < -0.3 is 9.63 Å². The van der Waals surface area contributed by atoms with Crippen molar-refractivity contribution in [3.63, 3.8) is 0 Å². The number of aromatic nitrogens is 2. The molecule has 0 saturated carbocycles. The highest BCUT2D eigenvalue weighted by atomic mass is 31.1. The fourth-order valence-electron chi connectivity index (χ4n) is 2.46. The molecule has 0 aliphatic carbocycles. The summed E-state index contributed by atoms with van der Waals surface area (Å²) in [4.78, 5) is 20.9. The van der Waals surface area contributed by atoms with Crippen LogP contribution < -0.4 is 15.1 Å². The first-order chi connectivity index (χ1) is 11.9. The number of ether oxygens (including phenoxy) is 1. The van der Waals surface area contributed by atoms with Crippen LogP contribution in [0.25, 0.3) is 0 Å². The number of benzene rings is 1. The lowest BCUT2D eigenvalue weighted by atomic mass is 10.0. The normalized spacial score (nSPS) is 17.0. The number of rotatable bonds is 6. The molecular formula is C17H22N5O2P. The van der Waals surface area contributed by atoms with E-state index in [0.717, 1.165) is 22.6 Å². The van der Waals surface area contributed by atoms with E-state index in [1.807, 2.05) is 52.0 Å². The van der Waals surface area contributed by atoms with Crippen LogP contribution in [0, 0.1) is 13.8 Å². The van der Waals surface area contributed by atoms with Gasteiger partial charge in [-0.15, -0.1) is 0 Å². The highest BCUT2D eigenvalue weighted by molar-refractivity contribution is 7.36. The fourth-order valence-corrected chi connectivity index (χ4v) is 3.20. The first kappa shape index (κ1) is 17.9. The second-order valence-electron chi connectivity index (χ2n) is 6.21. The molecular weight excluding hydrogens is 337 g/mol. The van der Waals surface area contributed by atoms with Crippen molar-refractivity contribution in [2.45, 2.75) is 40.2 Å². The van der Waals surface area contributed by atoms with E-state index >= 15 is 0 Å². The van der Waals surface area contributed by atoms with Crippen molar-refractivity contribution in [3.8, 4) is 5.75 Å². The molecule has 1 aromatic heterocycles. The summed E-state index contributed by atoms with van der Waals surface area (Å²) in [6, 6.07) is 7.95. The summed E-state index contributed by atoms with van der Waals surface area (Å²) in [6.07, 6.45) is 0.773. The zero-order chi connectivity index (χ0) is 18.0. The van der Waals surface area contributed by atoms with Gasteiger partial charge >= 0.3 is 0 Å². The summed E-state index contributed by atoms with van der Waals surface area (Å²) in [5.74, 6) is 1.97. The van der Waals surface area contributed by atoms with Crippen LogP contribution >= 0.6 is 8.09 Å². The molecule has 0 amide bonds. The number of nitrogens with one attached hydrogen (secondary N) is 1. The van der Waals surface area contributed by atoms with E-state index in [2.05, 4.69) is 20.1 Å². The Kier molecular flexibility index (Phi) is 5.39. The molecule has 0 radical (unpaired) electrons. The predicted molar refractivity (Wildman–Crippen MR) is 95.4 cm³/mol. The van der Waals surface area contributed by atoms with E-state index < -0.39 is 8.09 Å². The van der Waals surface area contributed by atoms with Gasteiger partial charge in [-0.1, -0.05) is 12.1 Å². The molecule has 2 aromatic rings. The summed E-state index contributed by atoms with van der Waals surface area (Å²) in [6.45, 7) is 8.34. The van der Waals surface area contributed by atoms with E-state index in [9.17, 15) is 4.89 Å². The molecule has 1 fully saturated rings. The summed E-state index contributed by atoms with van der Waals surface area (Å²) in [7, 11) is -1.85. The molecule has 1 N–H and O–H groups in total. The monoisotopic (exact) mass is 359 g/mol. The smallest absolute Gasteiger partial charge is 0.288 e. The Morgan fingerprint density at radius 3 is 2.56 bits per heavy atom. The second kappa shape index (κ2) is 7.54. The van der Waals surface area contributed by atoms with E-state index in [0.29, 0.717) is 24.7 Å². The van der Waals surface area contributed by atoms with Crippen LogP contribution in [-0.2, 0) is 6.42 Å². The maximum atomic E-state index is 12.1. The van der Waals surface area contributed by atoms with Gasteiger partial charge in [-0.05, 0) is 54.9 Å². The molecule has 7 nitrogen and oxygen atoms in total. The Morgan fingerprint density at radius 1 is 1.28 bits per heavy atom. The van der Waals surface area contributed by atoms with Gasteiger partial charge in [-0.3, -0.25) is 0 Å². The molecule has 0 spiro atoms. The van der Waals surface area contributed by atoms with Crippen molar-refractivity contribution in [2.75, 3.05) is 6.67 Å². The van der Waals surface area contributed by atoms with Gasteiger partial charge in [0, 0.05) is 17.7 Å². The zero-order valence-electron chi connectivity index (χ0n) is 14.9. The van der Waals surface area contributed by atoms with Crippen molar-refractivity contribution in [3.05, 3.63) is 46.9 Å². The lowest BCUT2D eigenvalue weighted by molar-refractivity contribution is -0.162. The van der Waals surface area contributed by atoms with E-state index in [1.165, 1.54) is 0 Å². The number of aryl methyl sites for hydroxylation is 2. The Hall–Kier alpha value is -1.92. The zero-order valence-corrected chi connectivity index (χ0v) is 15.7. The van der Waals surface area contributed by atoms with Crippen LogP contribution in [0.3, 0.4) is 0 Å². The molecule has 1 aromatic carbocycles. The molecule has 1 aliphatic heterocycles. The van der Waals surface area contributed by atoms with Crippen molar-refractivity contribution in [1.29, 1.82) is 0 Å². The van der Waals surface area contributed by atoms with Crippen LogP contribution in [0.1, 0.15) is 36.5 Å². The molecule has 132 valence electrons. The minimum atomic E-state index is -1.85. The first-order valence-corrected chi connectivity index (χ1v) is 9.38. The van der Waals surface area contributed by atoms with Crippen LogP contribution in [0.4, 0.5) is 5.82 Å². The Labute approximate surface area is 148 Å². The first-order valence-electron chi connectivity index (χ1n) is 8.22. The van der Waals surface area contributed by atoms with Gasteiger partial charge in [-0.2, -0.15) is 5.43 Å². The average Bonchev–Trinajstić information content (AvgIpc) is 3.36. The van der Waals surface area contributed by atoms with Gasteiger partial charge in [0.1, 0.15) is 18.2 Å². The third-order valence-corrected chi connectivity index (χ3v) is 4.72. The maximum absolute atomic E-state index is 12.1. The molecule has 3 rings (SSSR count). The summed E-state index contributed by atoms with van der Waals surface area (Å²) in [5, 5.41) is 0. The van der Waals surface area contributed by atoms with Crippen LogP contribution in [0.2, 0.25) is 0 Å². The SMILES string of the molecule is Cc1nc(C)c(Cc2ccc(OC(C)C)cc2)c(N=[P+]([O-])N2CN2)n1. The summed E-state index contributed by atoms with van der Waals surface area (Å²) < 4.78 is 11.5. The molecule has 2 heterocycles. The largest absolute Gasteiger partial charge is 0.593 e. The van der Waals surface area contributed by atoms with Gasteiger partial charge in [0.25, 0.3) is 8.09 Å². The summed E-state index contributed by atoms with van der Waals surface area (Å²) >= 11 is 0. The van der Waals surface area contributed by atoms with Crippen molar-refractivity contribution < 1.29 is 9.63 Å². The summed E-state index contributed by atoms with van der Waals surface area (Å²) in [5.41, 5.74) is 5.73.